The third-order valence-corrected chi connectivity index (χ3v) is 7.29. The monoisotopic (exact) mass is 559 g/mol. The number of nitrogen functional groups attached to an aromatic ring is 1. The van der Waals surface area contributed by atoms with Crippen LogP contribution >= 0.6 is 8.25 Å². The van der Waals surface area contributed by atoms with Crippen molar-refractivity contribution in [2.45, 2.75) is 70.1 Å². The molecule has 1 saturated heterocycles. The van der Waals surface area contributed by atoms with Crippen LogP contribution < -0.4 is 10.5 Å². The van der Waals surface area contributed by atoms with Gasteiger partial charge in [-0.05, 0) is 31.4 Å². The molecule has 3 N–H and O–H groups in total. The highest BCUT2D eigenvalue weighted by Gasteiger charge is 2.55. The number of azide groups is 1. The number of hydrogen-bond donors (Lipinski definition) is 2. The summed E-state index contributed by atoms with van der Waals surface area (Å²) in [5, 5.41) is 15.0. The van der Waals surface area contributed by atoms with Crippen molar-refractivity contribution in [2.24, 2.45) is 5.11 Å². The molecule has 3 heterocycles. The molecule has 0 aliphatic carbocycles. The molecule has 1 aromatic carbocycles. The lowest BCUT2D eigenvalue weighted by molar-refractivity contribution is -0.0426. The van der Waals surface area contributed by atoms with Gasteiger partial charge in [0.1, 0.15) is 24.4 Å². The van der Waals surface area contributed by atoms with Gasteiger partial charge in [0, 0.05) is 9.48 Å². The fourth-order valence-corrected chi connectivity index (χ4v) is 5.27. The fraction of sp³-hybridized carbons (Fsp3) is 0.542. The molecule has 0 saturated carbocycles. The number of ether oxygens (including phenoxy) is 2. The van der Waals surface area contributed by atoms with Crippen LogP contribution in [0.1, 0.15) is 57.9 Å². The van der Waals surface area contributed by atoms with Gasteiger partial charge in [-0.25, -0.2) is 4.98 Å². The van der Waals surface area contributed by atoms with Crippen molar-refractivity contribution in [1.29, 1.82) is 0 Å². The number of fused-ring (bicyclic) bond motifs is 1. The quantitative estimate of drug-likeness (QED) is 0.128. The highest BCUT2D eigenvalue weighted by molar-refractivity contribution is 7.33. The lowest BCUT2D eigenvalue weighted by atomic mass is 9.93. The summed E-state index contributed by atoms with van der Waals surface area (Å²) in [6.07, 6.45) is 0.131. The molecule has 14 nitrogen and oxygen atoms in total. The average Bonchev–Trinajstić information content (AvgIpc) is 3.44. The number of hydrogen-bond acceptors (Lipinski definition) is 11. The van der Waals surface area contributed by atoms with Crippen molar-refractivity contribution in [2.75, 3.05) is 18.9 Å². The minimum atomic E-state index is -2.55. The van der Waals surface area contributed by atoms with E-state index in [-0.39, 0.29) is 24.1 Å². The standard InChI is InChI=1S/C24H32N8O6P/c1-4-6-12-16(15-10-8-7-9-11-15)38-39(34)36-13-17-19(33)24(3,30-31-26)22(37-17)32-14-27-18-20(32)28-23(25)29-21(18)35-5-2/h7-11,14,16-17,19,22,33H,4-6,12-13H2,1-3H3,(H2,25,28,29)/q+1/t16?,17-,19-,22-,24?/m1/s1. The molecule has 0 bridgehead atoms. The summed E-state index contributed by atoms with van der Waals surface area (Å²) in [4.78, 5) is 15.6. The Morgan fingerprint density at radius 3 is 2.79 bits per heavy atom. The Morgan fingerprint density at radius 2 is 2.10 bits per heavy atom. The topological polar surface area (TPSA) is 193 Å². The summed E-state index contributed by atoms with van der Waals surface area (Å²) in [5.74, 6) is 0.134. The summed E-state index contributed by atoms with van der Waals surface area (Å²) in [6.45, 7) is 5.44. The maximum absolute atomic E-state index is 12.8. The van der Waals surface area contributed by atoms with Crippen molar-refractivity contribution in [3.63, 3.8) is 0 Å². The second kappa shape index (κ2) is 12.6. The number of imidazole rings is 1. The van der Waals surface area contributed by atoms with E-state index in [1.165, 1.54) is 17.8 Å². The van der Waals surface area contributed by atoms with Crippen LogP contribution in [-0.4, -0.2) is 55.6 Å². The summed E-state index contributed by atoms with van der Waals surface area (Å²) in [6, 6.07) is 9.49. The van der Waals surface area contributed by atoms with Gasteiger partial charge < -0.3 is 20.3 Å². The van der Waals surface area contributed by atoms with E-state index in [1.807, 2.05) is 30.3 Å². The van der Waals surface area contributed by atoms with Crippen LogP contribution in [0.15, 0.2) is 41.8 Å². The Hall–Kier alpha value is -3.38. The Morgan fingerprint density at radius 1 is 1.33 bits per heavy atom. The molecule has 1 aliphatic heterocycles. The third kappa shape index (κ3) is 6.11. The van der Waals surface area contributed by atoms with Gasteiger partial charge >= 0.3 is 8.25 Å². The first kappa shape index (κ1) is 28.6. The van der Waals surface area contributed by atoms with Gasteiger partial charge in [-0.3, -0.25) is 4.57 Å². The third-order valence-electron chi connectivity index (χ3n) is 6.50. The van der Waals surface area contributed by atoms with Crippen LogP contribution in [-0.2, 0) is 18.3 Å². The number of nitrogens with zero attached hydrogens (tertiary/aromatic N) is 7. The van der Waals surface area contributed by atoms with E-state index in [0.717, 1.165) is 18.4 Å². The van der Waals surface area contributed by atoms with E-state index >= 15 is 0 Å². The number of unbranched alkanes of at least 4 members (excludes halogenated alkanes) is 1. The van der Waals surface area contributed by atoms with Crippen LogP contribution in [0.2, 0.25) is 0 Å². The summed E-state index contributed by atoms with van der Waals surface area (Å²) in [5.41, 5.74) is 15.1. The molecule has 6 atom stereocenters. The largest absolute Gasteiger partial charge is 0.698 e. The molecule has 3 unspecified atom stereocenters. The molecule has 2 aromatic heterocycles. The number of rotatable bonds is 13. The van der Waals surface area contributed by atoms with Crippen molar-refractivity contribution >= 4 is 25.4 Å². The predicted molar refractivity (Wildman–Crippen MR) is 142 cm³/mol. The van der Waals surface area contributed by atoms with E-state index in [2.05, 4.69) is 31.9 Å². The van der Waals surface area contributed by atoms with Gasteiger partial charge in [0.2, 0.25) is 11.8 Å². The molecule has 3 aromatic rings. The maximum Gasteiger partial charge on any atom is 0.698 e. The zero-order valence-corrected chi connectivity index (χ0v) is 22.8. The van der Waals surface area contributed by atoms with Gasteiger partial charge in [0.15, 0.2) is 17.4 Å². The van der Waals surface area contributed by atoms with Gasteiger partial charge in [0.05, 0.1) is 19.0 Å². The van der Waals surface area contributed by atoms with Gasteiger partial charge in [0.25, 0.3) is 0 Å². The number of anilines is 1. The average molecular weight is 560 g/mol. The lowest BCUT2D eigenvalue weighted by Crippen LogP contribution is -2.42. The van der Waals surface area contributed by atoms with Gasteiger partial charge in [-0.1, -0.05) is 55.2 Å². The van der Waals surface area contributed by atoms with Crippen molar-refractivity contribution in [3.05, 3.63) is 52.7 Å². The molecule has 39 heavy (non-hydrogen) atoms. The van der Waals surface area contributed by atoms with Crippen LogP contribution in [0.5, 0.6) is 5.88 Å². The lowest BCUT2D eigenvalue weighted by Gasteiger charge is -2.27. The smallest absolute Gasteiger partial charge is 0.476 e. The normalized spacial score (nSPS) is 23.9. The predicted octanol–water partition coefficient (Wildman–Crippen LogP) is 4.76. The van der Waals surface area contributed by atoms with Crippen molar-refractivity contribution < 1.29 is 28.2 Å². The van der Waals surface area contributed by atoms with E-state index in [0.29, 0.717) is 18.5 Å². The first-order valence-electron chi connectivity index (χ1n) is 12.7. The minimum Gasteiger partial charge on any atom is -0.476 e. The molecule has 1 fully saturated rings. The summed E-state index contributed by atoms with van der Waals surface area (Å²) < 4.78 is 37.1. The first-order valence-corrected chi connectivity index (χ1v) is 13.8. The fourth-order valence-electron chi connectivity index (χ4n) is 4.50. The van der Waals surface area contributed by atoms with Crippen LogP contribution in [0.3, 0.4) is 0 Å². The highest BCUT2D eigenvalue weighted by atomic mass is 31.1. The maximum atomic E-state index is 12.8. The second-order valence-electron chi connectivity index (χ2n) is 9.20. The minimum absolute atomic E-state index is 0.0539. The van der Waals surface area contributed by atoms with Crippen LogP contribution in [0.25, 0.3) is 21.6 Å². The molecule has 0 radical (unpaired) electrons. The molecule has 1 aliphatic rings. The number of aromatic nitrogens is 4. The SMILES string of the molecule is CCCCC(O[P+](=O)OC[C@H]1O[C@@H](n2cnc3c(OCC)nc(N)nc32)C(C)(N=[N+]=[N-])[C@@H]1O)c1ccccc1. The van der Waals surface area contributed by atoms with E-state index in [9.17, 15) is 15.2 Å². The van der Waals surface area contributed by atoms with E-state index < -0.39 is 38.3 Å². The van der Waals surface area contributed by atoms with Gasteiger partial charge in [-0.2, -0.15) is 9.97 Å². The first-order chi connectivity index (χ1) is 18.8. The number of aliphatic hydroxyl groups is 1. The zero-order valence-electron chi connectivity index (χ0n) is 22.0. The molecule has 15 heteroatoms. The Labute approximate surface area is 226 Å². The Bertz CT molecular complexity index is 1340. The number of aliphatic hydroxyl groups excluding tert-OH is 1. The van der Waals surface area contributed by atoms with E-state index in [4.69, 9.17) is 24.3 Å². The van der Waals surface area contributed by atoms with Crippen molar-refractivity contribution in [1.82, 2.24) is 19.5 Å². The molecule has 0 spiro atoms. The number of nitrogens with two attached hydrogens (primary N) is 1. The molecule has 208 valence electrons. The van der Waals surface area contributed by atoms with E-state index in [1.54, 1.807) is 6.92 Å². The molecule has 0 amide bonds. The summed E-state index contributed by atoms with van der Waals surface area (Å²) in [7, 11) is -2.55. The van der Waals surface area contributed by atoms with Gasteiger partial charge in [-0.15, -0.1) is 9.05 Å². The zero-order chi connectivity index (χ0) is 28.0. The highest BCUT2D eigenvalue weighted by Crippen LogP contribution is 2.44. The Kier molecular flexibility index (Phi) is 9.28. The Balaban J connectivity index is 1.53. The molecular formula is C24H32N8O6P+. The second-order valence-corrected chi connectivity index (χ2v) is 10.1. The van der Waals surface area contributed by atoms with Crippen LogP contribution in [0, 0.1) is 0 Å². The number of benzene rings is 1. The molecular weight excluding hydrogens is 527 g/mol. The van der Waals surface area contributed by atoms with Crippen molar-refractivity contribution in [3.8, 4) is 5.88 Å². The summed E-state index contributed by atoms with van der Waals surface area (Å²) >= 11 is 0. The molecule has 4 rings (SSSR count). The van der Waals surface area contributed by atoms with Crippen LogP contribution in [0.4, 0.5) is 5.95 Å².